The van der Waals surface area contributed by atoms with E-state index >= 15 is 0 Å². The van der Waals surface area contributed by atoms with Gasteiger partial charge in [0.1, 0.15) is 0 Å². The summed E-state index contributed by atoms with van der Waals surface area (Å²) >= 11 is 27.9. The molecule has 0 N–H and O–H groups in total. The summed E-state index contributed by atoms with van der Waals surface area (Å²) in [5.74, 6) is 0. The number of aliphatic imine (C=N–C) groups is 1. The maximum absolute atomic E-state index is 5.48. The van der Waals surface area contributed by atoms with Crippen molar-refractivity contribution in [1.82, 2.24) is 0 Å². The number of amidine groups is 1. The Kier molecular flexibility index (Phi) is 7.15. The number of hydrogen-bond donors (Lipinski definition) is 1. The maximum Gasteiger partial charge on any atom is 0.168 e. The molecular formula is C14H17N2S8-. The molecule has 0 saturated heterocycles. The lowest BCUT2D eigenvalue weighted by atomic mass is 10.2. The van der Waals surface area contributed by atoms with Gasteiger partial charge in [0, 0.05) is 18.4 Å². The molecule has 2 rings (SSSR count). The molecule has 0 saturated carbocycles. The van der Waals surface area contributed by atoms with Gasteiger partial charge in [-0.2, -0.15) is 0 Å². The Hall–Kier alpha value is 0.710. The van der Waals surface area contributed by atoms with E-state index in [1.54, 1.807) is 11.8 Å². The number of thiol groups is 1. The summed E-state index contributed by atoms with van der Waals surface area (Å²) in [6.07, 6.45) is -1.36. The van der Waals surface area contributed by atoms with E-state index in [4.69, 9.17) is 44.8 Å². The van der Waals surface area contributed by atoms with E-state index in [1.165, 1.54) is 0 Å². The number of rotatable bonds is 5. The zero-order valence-electron chi connectivity index (χ0n) is 13.1. The highest BCUT2D eigenvalue weighted by atomic mass is 33.5. The molecule has 1 aromatic rings. The second-order valence-corrected chi connectivity index (χ2v) is 19.5. The average Bonchev–Trinajstić information content (AvgIpc) is 2.87. The second kappa shape index (κ2) is 8.16. The van der Waals surface area contributed by atoms with Gasteiger partial charge < -0.3 is 12.9 Å². The summed E-state index contributed by atoms with van der Waals surface area (Å²) in [5.41, 5.74) is 1.88. The van der Waals surface area contributed by atoms with Gasteiger partial charge in [-0.25, -0.2) is 4.99 Å². The lowest BCUT2D eigenvalue weighted by molar-refractivity contribution is 0.781. The molecule has 132 valence electrons. The van der Waals surface area contributed by atoms with Crippen LogP contribution in [0, 0.1) is 0 Å². The van der Waals surface area contributed by atoms with Gasteiger partial charge in [-0.15, -0.1) is 11.7 Å². The van der Waals surface area contributed by atoms with Crippen LogP contribution in [0.4, 0.5) is 5.69 Å². The van der Waals surface area contributed by atoms with Crippen molar-refractivity contribution in [2.24, 2.45) is 4.99 Å². The van der Waals surface area contributed by atoms with Crippen LogP contribution in [0.5, 0.6) is 0 Å². The molecule has 0 amide bonds. The van der Waals surface area contributed by atoms with Crippen LogP contribution in [0.3, 0.4) is 0 Å². The van der Waals surface area contributed by atoms with Gasteiger partial charge in [-0.1, -0.05) is 49.6 Å². The largest absolute Gasteiger partial charge is 0.331 e. The van der Waals surface area contributed by atoms with E-state index in [9.17, 15) is 0 Å². The van der Waals surface area contributed by atoms with Gasteiger partial charge in [-0.05, 0) is 45.0 Å². The third-order valence-electron chi connectivity index (χ3n) is 3.74. The molecule has 2 atom stereocenters. The first kappa shape index (κ1) is 21.0. The predicted molar refractivity (Wildman–Crippen MR) is 129 cm³/mol. The minimum atomic E-state index is -2.02. The molecule has 1 aliphatic heterocycles. The number of nitrogens with zero attached hydrogens (tertiary/aromatic N) is 2. The van der Waals surface area contributed by atoms with Crippen molar-refractivity contribution in [3.8, 4) is 0 Å². The van der Waals surface area contributed by atoms with E-state index in [-0.39, 0.29) is 5.25 Å². The number of thioether (sulfide) groups is 1. The highest BCUT2D eigenvalue weighted by Crippen LogP contribution is 2.40. The highest BCUT2D eigenvalue weighted by Gasteiger charge is 2.33. The fourth-order valence-electron chi connectivity index (χ4n) is 2.09. The van der Waals surface area contributed by atoms with Crippen molar-refractivity contribution in [2.45, 2.75) is 22.7 Å². The van der Waals surface area contributed by atoms with Crippen molar-refractivity contribution in [1.29, 1.82) is 0 Å². The smallest absolute Gasteiger partial charge is 0.168 e. The Morgan fingerprint density at radius 2 is 1.96 bits per heavy atom. The maximum atomic E-state index is 5.48. The van der Waals surface area contributed by atoms with Gasteiger partial charge in [0.05, 0.1) is 5.25 Å². The Morgan fingerprint density at radius 1 is 1.38 bits per heavy atom. The SMILES string of the molecule is C=C1N=C(N(C)c2ccccc2)SC1CC(C)([S-](=S)=S)S(=S)(=S)S. The molecule has 2 nitrogen and oxygen atoms in total. The van der Waals surface area contributed by atoms with Crippen LogP contribution in [0.1, 0.15) is 13.3 Å². The van der Waals surface area contributed by atoms with Crippen molar-refractivity contribution in [3.05, 3.63) is 42.6 Å². The lowest BCUT2D eigenvalue weighted by Crippen LogP contribution is -2.35. The summed E-state index contributed by atoms with van der Waals surface area (Å²) in [6, 6.07) is 10.1. The first-order valence-electron chi connectivity index (χ1n) is 6.85. The third-order valence-corrected chi connectivity index (χ3v) is 15.7. The summed E-state index contributed by atoms with van der Waals surface area (Å²) in [5, 5.41) is 0.975. The first-order chi connectivity index (χ1) is 11.1. The quantitative estimate of drug-likeness (QED) is 0.399. The summed E-state index contributed by atoms with van der Waals surface area (Å²) in [4.78, 5) is 6.69. The number of para-hydroxylation sites is 1. The minimum absolute atomic E-state index is 0.0713. The monoisotopic (exact) mass is 469 g/mol. The highest BCUT2D eigenvalue weighted by molar-refractivity contribution is 8.95. The van der Waals surface area contributed by atoms with Crippen LogP contribution in [0.15, 0.2) is 47.6 Å². The minimum Gasteiger partial charge on any atom is -0.331 e. The van der Waals surface area contributed by atoms with E-state index in [0.717, 1.165) is 16.6 Å². The molecule has 1 aromatic carbocycles. The fourth-order valence-corrected chi connectivity index (χ4v) is 12.2. The van der Waals surface area contributed by atoms with Crippen LogP contribution in [-0.4, -0.2) is 21.5 Å². The van der Waals surface area contributed by atoms with Gasteiger partial charge >= 0.3 is 0 Å². The Morgan fingerprint density at radius 3 is 2.46 bits per heavy atom. The van der Waals surface area contributed by atoms with Crippen LogP contribution in [-0.2, 0) is 58.9 Å². The standard InChI is InChI=1S/C14H17N2S8/c1-10-12(9-14(2,23(17)18)24(19,20)21)22-13(15-10)16(3)11-7-5-4-6-8-11/h4-8,12H,1,9H2,2-3H3,(H,19,20,21)/q-1. The normalized spacial score (nSPS) is 20.8. The molecule has 0 spiro atoms. The van der Waals surface area contributed by atoms with E-state index in [1.807, 2.05) is 44.3 Å². The van der Waals surface area contributed by atoms with Gasteiger partial charge in [0.15, 0.2) is 5.17 Å². The van der Waals surface area contributed by atoms with Crippen molar-refractivity contribution < 1.29 is 0 Å². The third kappa shape index (κ3) is 4.51. The van der Waals surface area contributed by atoms with Gasteiger partial charge in [0.2, 0.25) is 0 Å². The molecule has 10 heteroatoms. The number of benzene rings is 1. The van der Waals surface area contributed by atoms with Crippen LogP contribution < -0.4 is 4.90 Å². The van der Waals surface area contributed by atoms with Crippen molar-refractivity contribution in [2.75, 3.05) is 11.9 Å². The predicted octanol–water partition coefficient (Wildman–Crippen LogP) is 3.68. The van der Waals surface area contributed by atoms with Crippen LogP contribution in [0.25, 0.3) is 0 Å². The molecule has 2 unspecified atom stereocenters. The zero-order valence-corrected chi connectivity index (χ0v) is 19.7. The van der Waals surface area contributed by atoms with E-state index < -0.39 is 18.3 Å². The molecule has 0 radical (unpaired) electrons. The number of anilines is 1. The van der Waals surface area contributed by atoms with Crippen LogP contribution in [0.2, 0.25) is 0 Å². The Balaban J connectivity index is 2.21. The Labute approximate surface area is 174 Å². The zero-order chi connectivity index (χ0) is 18.1. The lowest BCUT2D eigenvalue weighted by Gasteiger charge is -2.39. The van der Waals surface area contributed by atoms with Gasteiger partial charge in [0.25, 0.3) is 0 Å². The molecular weight excluding hydrogens is 453 g/mol. The summed E-state index contributed by atoms with van der Waals surface area (Å²) in [6.45, 7) is 6.08. The molecule has 1 aliphatic rings. The molecule has 1 heterocycles. The van der Waals surface area contributed by atoms with Crippen LogP contribution >= 0.6 is 23.4 Å². The number of hydrogen-bond acceptors (Lipinski definition) is 8. The topological polar surface area (TPSA) is 15.6 Å². The molecule has 0 fully saturated rings. The van der Waals surface area contributed by atoms with E-state index in [0.29, 0.717) is 6.42 Å². The Bertz CT molecular complexity index is 833. The second-order valence-electron chi connectivity index (χ2n) is 5.43. The fraction of sp³-hybridized carbons (Fsp3) is 0.357. The molecule has 0 bridgehead atoms. The summed E-state index contributed by atoms with van der Waals surface area (Å²) < 4.78 is -0.525. The molecule has 0 aliphatic carbocycles. The molecule has 0 aromatic heterocycles. The van der Waals surface area contributed by atoms with Crippen molar-refractivity contribution >= 4 is 93.2 Å². The van der Waals surface area contributed by atoms with Crippen molar-refractivity contribution in [3.63, 3.8) is 0 Å². The summed E-state index contributed by atoms with van der Waals surface area (Å²) in [7, 11) is 1.24. The first-order valence-corrected chi connectivity index (χ1v) is 15.3. The van der Waals surface area contributed by atoms with E-state index in [2.05, 4.69) is 28.1 Å². The van der Waals surface area contributed by atoms with Gasteiger partial charge in [-0.3, -0.25) is 22.4 Å². The molecule has 24 heavy (non-hydrogen) atoms. The average molecular weight is 470 g/mol.